The van der Waals surface area contributed by atoms with E-state index in [1.807, 2.05) is 51.1 Å². The van der Waals surface area contributed by atoms with Crippen molar-refractivity contribution >= 4 is 27.8 Å². The van der Waals surface area contributed by atoms with Crippen LogP contribution in [0.25, 0.3) is 0 Å². The SMILES string of the molecule is CCCOC(=O)C1=C(C)Nc2ncnn2C1c1cc(Br)c(OCc2ccccc2C)c(OCC)c1. The van der Waals surface area contributed by atoms with Gasteiger partial charge in [0.05, 0.1) is 23.3 Å². The number of nitrogens with zero attached hydrogens (tertiary/aromatic N) is 3. The number of ether oxygens (including phenoxy) is 3. The average Bonchev–Trinajstić information content (AvgIpc) is 3.30. The molecule has 1 N–H and O–H groups in total. The molecule has 1 aromatic heterocycles. The van der Waals surface area contributed by atoms with Crippen LogP contribution >= 0.6 is 15.9 Å². The van der Waals surface area contributed by atoms with Gasteiger partial charge in [-0.2, -0.15) is 10.1 Å². The van der Waals surface area contributed by atoms with E-state index < -0.39 is 12.0 Å². The maximum atomic E-state index is 13.1. The molecule has 0 aliphatic carbocycles. The number of anilines is 1. The van der Waals surface area contributed by atoms with Crippen molar-refractivity contribution in [3.05, 3.63) is 75.2 Å². The molecule has 3 aromatic rings. The normalized spacial score (nSPS) is 14.8. The number of rotatable bonds is 9. The smallest absolute Gasteiger partial charge is 0.338 e. The number of carbonyl (C=O) groups is 1. The van der Waals surface area contributed by atoms with E-state index in [1.54, 1.807) is 4.68 Å². The molecule has 9 heteroatoms. The molecule has 2 aromatic carbocycles. The highest BCUT2D eigenvalue weighted by atomic mass is 79.9. The third-order valence-electron chi connectivity index (χ3n) is 5.73. The van der Waals surface area contributed by atoms with Gasteiger partial charge < -0.3 is 19.5 Å². The number of fused-ring (bicyclic) bond motifs is 1. The Balaban J connectivity index is 1.75. The van der Waals surface area contributed by atoms with E-state index >= 15 is 0 Å². The molecule has 35 heavy (non-hydrogen) atoms. The van der Waals surface area contributed by atoms with Crippen LogP contribution in [0.1, 0.15) is 49.9 Å². The second-order valence-electron chi connectivity index (χ2n) is 8.21. The lowest BCUT2D eigenvalue weighted by atomic mass is 9.95. The molecule has 2 heterocycles. The zero-order valence-electron chi connectivity index (χ0n) is 20.3. The lowest BCUT2D eigenvalue weighted by molar-refractivity contribution is -0.139. The first-order chi connectivity index (χ1) is 16.9. The van der Waals surface area contributed by atoms with Crippen molar-refractivity contribution in [3.8, 4) is 11.5 Å². The molecule has 1 atom stereocenters. The molecule has 184 valence electrons. The van der Waals surface area contributed by atoms with Gasteiger partial charge in [0, 0.05) is 5.70 Å². The number of hydrogen-bond acceptors (Lipinski definition) is 7. The Morgan fingerprint density at radius 3 is 2.71 bits per heavy atom. The number of aryl methyl sites for hydroxylation is 1. The first-order valence-electron chi connectivity index (χ1n) is 11.6. The summed E-state index contributed by atoms with van der Waals surface area (Å²) < 4.78 is 20.1. The fourth-order valence-corrected chi connectivity index (χ4v) is 4.58. The van der Waals surface area contributed by atoms with Crippen LogP contribution in [0.3, 0.4) is 0 Å². The Morgan fingerprint density at radius 1 is 1.17 bits per heavy atom. The van der Waals surface area contributed by atoms with Gasteiger partial charge in [-0.3, -0.25) is 0 Å². The van der Waals surface area contributed by atoms with Gasteiger partial charge in [0.1, 0.15) is 19.0 Å². The van der Waals surface area contributed by atoms with Gasteiger partial charge in [-0.15, -0.1) is 0 Å². The van der Waals surface area contributed by atoms with Crippen LogP contribution in [-0.2, 0) is 16.1 Å². The quantitative estimate of drug-likeness (QED) is 0.355. The number of nitrogens with one attached hydrogen (secondary N) is 1. The number of esters is 1. The zero-order valence-corrected chi connectivity index (χ0v) is 21.9. The molecule has 0 spiro atoms. The van der Waals surface area contributed by atoms with Crippen molar-refractivity contribution in [2.24, 2.45) is 0 Å². The number of halogens is 1. The molecule has 0 saturated carbocycles. The molecule has 4 rings (SSSR count). The van der Waals surface area contributed by atoms with Crippen LogP contribution in [0.4, 0.5) is 5.95 Å². The summed E-state index contributed by atoms with van der Waals surface area (Å²) in [6.45, 7) is 8.97. The standard InChI is InChI=1S/C26H29BrN4O4/c1-5-11-34-25(32)22-17(4)30-26-28-15-29-31(26)23(22)19-12-20(27)24(21(13-19)33-6-2)35-14-18-10-8-7-9-16(18)3/h7-10,12-13,15,23H,5-6,11,14H2,1-4H3,(H,28,29,30). The predicted molar refractivity (Wildman–Crippen MR) is 137 cm³/mol. The summed E-state index contributed by atoms with van der Waals surface area (Å²) in [5.41, 5.74) is 4.18. The Kier molecular flexibility index (Phi) is 7.75. The Hall–Kier alpha value is -3.33. The molecular formula is C26H29BrN4O4. The fraction of sp³-hybridized carbons (Fsp3) is 0.346. The van der Waals surface area contributed by atoms with Crippen LogP contribution in [0.2, 0.25) is 0 Å². The molecule has 0 bridgehead atoms. The van der Waals surface area contributed by atoms with E-state index in [1.165, 1.54) is 6.33 Å². The van der Waals surface area contributed by atoms with Crippen molar-refractivity contribution in [3.63, 3.8) is 0 Å². The van der Waals surface area contributed by atoms with E-state index in [0.29, 0.717) is 53.0 Å². The second kappa shape index (κ2) is 10.9. The van der Waals surface area contributed by atoms with E-state index in [9.17, 15) is 4.79 Å². The third kappa shape index (κ3) is 5.19. The second-order valence-corrected chi connectivity index (χ2v) is 9.06. The van der Waals surface area contributed by atoms with Gasteiger partial charge >= 0.3 is 5.97 Å². The molecule has 0 fully saturated rings. The predicted octanol–water partition coefficient (Wildman–Crippen LogP) is 5.57. The molecule has 0 radical (unpaired) electrons. The monoisotopic (exact) mass is 540 g/mol. The molecular weight excluding hydrogens is 512 g/mol. The van der Waals surface area contributed by atoms with Crippen LogP contribution in [-0.4, -0.2) is 33.9 Å². The maximum absolute atomic E-state index is 13.1. The minimum absolute atomic E-state index is 0.339. The minimum Gasteiger partial charge on any atom is -0.490 e. The largest absolute Gasteiger partial charge is 0.490 e. The third-order valence-corrected chi connectivity index (χ3v) is 6.32. The molecule has 1 aliphatic heterocycles. The van der Waals surface area contributed by atoms with Gasteiger partial charge in [0.2, 0.25) is 5.95 Å². The Labute approximate surface area is 213 Å². The number of hydrogen-bond donors (Lipinski definition) is 1. The summed E-state index contributed by atoms with van der Waals surface area (Å²) in [7, 11) is 0. The summed E-state index contributed by atoms with van der Waals surface area (Å²) in [5.74, 6) is 1.33. The van der Waals surface area contributed by atoms with Gasteiger partial charge in [-0.05, 0) is 71.9 Å². The lowest BCUT2D eigenvalue weighted by Gasteiger charge is -2.29. The molecule has 0 amide bonds. The zero-order chi connectivity index (χ0) is 24.9. The van der Waals surface area contributed by atoms with Gasteiger partial charge in [0.15, 0.2) is 11.5 Å². The summed E-state index contributed by atoms with van der Waals surface area (Å²) in [4.78, 5) is 17.4. The highest BCUT2D eigenvalue weighted by Crippen LogP contribution is 2.43. The van der Waals surface area contributed by atoms with Crippen LogP contribution in [0, 0.1) is 6.92 Å². The van der Waals surface area contributed by atoms with E-state index in [-0.39, 0.29) is 0 Å². The molecule has 0 saturated heterocycles. The van der Waals surface area contributed by atoms with Gasteiger partial charge in [0.25, 0.3) is 0 Å². The highest BCUT2D eigenvalue weighted by Gasteiger charge is 2.35. The fourth-order valence-electron chi connectivity index (χ4n) is 4.01. The lowest BCUT2D eigenvalue weighted by Crippen LogP contribution is -2.30. The molecule has 1 aliphatic rings. The maximum Gasteiger partial charge on any atom is 0.338 e. The summed E-state index contributed by atoms with van der Waals surface area (Å²) in [6.07, 6.45) is 2.19. The van der Waals surface area contributed by atoms with Crippen molar-refractivity contribution in [1.82, 2.24) is 14.8 Å². The van der Waals surface area contributed by atoms with Crippen LogP contribution in [0.5, 0.6) is 11.5 Å². The van der Waals surface area contributed by atoms with E-state index in [0.717, 1.165) is 23.1 Å². The topological polar surface area (TPSA) is 87.5 Å². The van der Waals surface area contributed by atoms with E-state index in [2.05, 4.69) is 44.3 Å². The number of carbonyl (C=O) groups excluding carboxylic acids is 1. The van der Waals surface area contributed by atoms with Gasteiger partial charge in [-0.25, -0.2) is 9.48 Å². The number of benzene rings is 2. The number of aromatic nitrogens is 3. The summed E-state index contributed by atoms with van der Waals surface area (Å²) in [5, 5.41) is 7.55. The van der Waals surface area contributed by atoms with Crippen molar-refractivity contribution in [2.75, 3.05) is 18.5 Å². The van der Waals surface area contributed by atoms with Crippen molar-refractivity contribution in [2.45, 2.75) is 46.8 Å². The minimum atomic E-state index is -0.543. The Bertz CT molecular complexity index is 1250. The van der Waals surface area contributed by atoms with Crippen LogP contribution in [0.15, 0.2) is 58.5 Å². The Morgan fingerprint density at radius 2 is 1.97 bits per heavy atom. The van der Waals surface area contributed by atoms with Gasteiger partial charge in [-0.1, -0.05) is 31.2 Å². The number of allylic oxidation sites excluding steroid dienone is 1. The first-order valence-corrected chi connectivity index (χ1v) is 12.4. The van der Waals surface area contributed by atoms with E-state index in [4.69, 9.17) is 14.2 Å². The van der Waals surface area contributed by atoms with Crippen LogP contribution < -0.4 is 14.8 Å². The van der Waals surface area contributed by atoms with Crippen molar-refractivity contribution in [1.29, 1.82) is 0 Å². The highest BCUT2D eigenvalue weighted by molar-refractivity contribution is 9.10. The first kappa shape index (κ1) is 24.8. The average molecular weight is 541 g/mol. The van der Waals surface area contributed by atoms with Crippen molar-refractivity contribution < 1.29 is 19.0 Å². The summed E-state index contributed by atoms with van der Waals surface area (Å²) in [6, 6.07) is 11.4. The molecule has 8 nitrogen and oxygen atoms in total. The molecule has 1 unspecified atom stereocenters. The summed E-state index contributed by atoms with van der Waals surface area (Å²) >= 11 is 3.67.